The predicted molar refractivity (Wildman–Crippen MR) is 124 cm³/mol. The van der Waals surface area contributed by atoms with E-state index in [1.54, 1.807) is 18.7 Å². The van der Waals surface area contributed by atoms with Crippen LogP contribution in [-0.2, 0) is 26.1 Å². The van der Waals surface area contributed by atoms with E-state index in [1.807, 2.05) is 0 Å². The average Bonchev–Trinajstić information content (AvgIpc) is 2.81. The molecule has 0 atom stereocenters. The maximum Gasteiger partial charge on any atom is 0.274 e. The molecule has 0 bridgehead atoms. The molecule has 34 heavy (non-hydrogen) atoms. The SMILES string of the molecule is C=C1C(O)=C(C(=O)NCc2ccc(F)cc2S(=O)(=O)N2CCCCC2)N=C2N1CCOC2(C)C. The van der Waals surface area contributed by atoms with Gasteiger partial charge >= 0.3 is 0 Å². The number of rotatable bonds is 5. The van der Waals surface area contributed by atoms with Crippen LogP contribution in [0.25, 0.3) is 0 Å². The molecule has 0 aromatic heterocycles. The molecule has 2 N–H and O–H groups in total. The number of piperidine rings is 1. The summed E-state index contributed by atoms with van der Waals surface area (Å²) in [6.45, 7) is 8.90. The number of carbonyl (C=O) groups excluding carboxylic acids is 1. The summed E-state index contributed by atoms with van der Waals surface area (Å²) in [5.74, 6) is -1.31. The summed E-state index contributed by atoms with van der Waals surface area (Å²) in [7, 11) is -3.92. The second kappa shape index (κ2) is 9.12. The number of carbonyl (C=O) groups is 1. The highest BCUT2D eigenvalue weighted by molar-refractivity contribution is 7.89. The van der Waals surface area contributed by atoms with Crippen molar-refractivity contribution in [1.29, 1.82) is 0 Å². The first-order valence-electron chi connectivity index (χ1n) is 11.2. The lowest BCUT2D eigenvalue weighted by Crippen LogP contribution is -2.54. The first kappa shape index (κ1) is 24.4. The van der Waals surface area contributed by atoms with E-state index >= 15 is 0 Å². The summed E-state index contributed by atoms with van der Waals surface area (Å²) in [6.07, 6.45) is 2.44. The van der Waals surface area contributed by atoms with E-state index in [0.717, 1.165) is 31.4 Å². The van der Waals surface area contributed by atoms with Gasteiger partial charge in [0.15, 0.2) is 11.5 Å². The van der Waals surface area contributed by atoms with Crippen molar-refractivity contribution in [3.05, 3.63) is 53.3 Å². The van der Waals surface area contributed by atoms with Crippen molar-refractivity contribution in [2.45, 2.75) is 50.2 Å². The fourth-order valence-corrected chi connectivity index (χ4v) is 6.10. The van der Waals surface area contributed by atoms with E-state index in [-0.39, 0.29) is 34.2 Å². The number of fused-ring (bicyclic) bond motifs is 1. The molecule has 1 amide bonds. The van der Waals surface area contributed by atoms with Crippen molar-refractivity contribution in [1.82, 2.24) is 14.5 Å². The van der Waals surface area contributed by atoms with Crippen LogP contribution in [0.2, 0.25) is 0 Å². The number of hydrogen-bond acceptors (Lipinski definition) is 7. The van der Waals surface area contributed by atoms with E-state index in [4.69, 9.17) is 4.74 Å². The first-order valence-corrected chi connectivity index (χ1v) is 12.7. The van der Waals surface area contributed by atoms with Gasteiger partial charge in [0.05, 0.1) is 17.2 Å². The van der Waals surface area contributed by atoms with Gasteiger partial charge in [0.25, 0.3) is 5.91 Å². The molecule has 4 rings (SSSR count). The molecule has 3 aliphatic heterocycles. The van der Waals surface area contributed by atoms with Crippen LogP contribution in [0.5, 0.6) is 0 Å². The van der Waals surface area contributed by atoms with Gasteiger partial charge in [0.2, 0.25) is 10.0 Å². The number of ether oxygens (including phenoxy) is 1. The zero-order valence-corrected chi connectivity index (χ0v) is 20.1. The number of halogens is 1. The molecule has 9 nitrogen and oxygen atoms in total. The Balaban J connectivity index is 1.59. The summed E-state index contributed by atoms with van der Waals surface area (Å²) in [5.41, 5.74) is -0.551. The zero-order valence-electron chi connectivity index (χ0n) is 19.3. The van der Waals surface area contributed by atoms with Crippen molar-refractivity contribution >= 4 is 21.8 Å². The molecule has 0 saturated carbocycles. The third kappa shape index (κ3) is 4.47. The number of amides is 1. The van der Waals surface area contributed by atoms with Gasteiger partial charge in [-0.2, -0.15) is 4.31 Å². The lowest BCUT2D eigenvalue weighted by atomic mass is 10.0. The minimum absolute atomic E-state index is 0.180. The number of nitrogens with one attached hydrogen (secondary N) is 1. The molecule has 1 aromatic rings. The number of morpholine rings is 1. The van der Waals surface area contributed by atoms with Gasteiger partial charge in [-0.3, -0.25) is 4.79 Å². The Hall–Kier alpha value is -2.76. The monoisotopic (exact) mass is 492 g/mol. The van der Waals surface area contributed by atoms with Crippen molar-refractivity contribution in [2.24, 2.45) is 4.99 Å². The van der Waals surface area contributed by atoms with E-state index in [0.29, 0.717) is 32.1 Å². The quantitative estimate of drug-likeness (QED) is 0.653. The summed E-state index contributed by atoms with van der Waals surface area (Å²) < 4.78 is 47.4. The lowest BCUT2D eigenvalue weighted by molar-refractivity contribution is -0.118. The second-order valence-electron chi connectivity index (χ2n) is 8.99. The van der Waals surface area contributed by atoms with Gasteiger partial charge in [-0.15, -0.1) is 0 Å². The van der Waals surface area contributed by atoms with E-state index < -0.39 is 27.3 Å². The number of nitrogens with zero attached hydrogens (tertiary/aromatic N) is 3. The highest BCUT2D eigenvalue weighted by atomic mass is 32.2. The van der Waals surface area contributed by atoms with Crippen molar-refractivity contribution < 1.29 is 27.4 Å². The highest BCUT2D eigenvalue weighted by Gasteiger charge is 2.40. The number of aliphatic imine (C=N–C) groups is 1. The molecule has 11 heteroatoms. The third-order valence-electron chi connectivity index (χ3n) is 6.23. The maximum absolute atomic E-state index is 14.0. The number of benzene rings is 1. The topological polar surface area (TPSA) is 112 Å². The smallest absolute Gasteiger partial charge is 0.274 e. The van der Waals surface area contributed by atoms with Crippen molar-refractivity contribution in [3.8, 4) is 0 Å². The molecule has 2 fully saturated rings. The van der Waals surface area contributed by atoms with Gasteiger partial charge in [-0.25, -0.2) is 17.8 Å². The normalized spacial score (nSPS) is 21.2. The number of aliphatic hydroxyl groups excluding tert-OH is 1. The van der Waals surface area contributed by atoms with Gasteiger partial charge in [0, 0.05) is 26.2 Å². The van der Waals surface area contributed by atoms with Crippen molar-refractivity contribution in [2.75, 3.05) is 26.2 Å². The van der Waals surface area contributed by atoms with Gasteiger partial charge in [0.1, 0.15) is 17.3 Å². The van der Waals surface area contributed by atoms with Crippen LogP contribution in [0, 0.1) is 5.82 Å². The van der Waals surface area contributed by atoms with E-state index in [2.05, 4.69) is 16.9 Å². The Bertz CT molecular complexity index is 1190. The van der Waals surface area contributed by atoms with Gasteiger partial charge in [-0.05, 0) is 44.4 Å². The van der Waals surface area contributed by atoms with Crippen LogP contribution in [0.3, 0.4) is 0 Å². The van der Waals surface area contributed by atoms with Gasteiger partial charge in [-0.1, -0.05) is 19.1 Å². The van der Waals surface area contributed by atoms with E-state index in [1.165, 1.54) is 10.4 Å². The molecule has 184 valence electrons. The summed E-state index contributed by atoms with van der Waals surface area (Å²) >= 11 is 0. The molecule has 1 aromatic carbocycles. The molecule has 0 unspecified atom stereocenters. The molecule has 3 aliphatic rings. The number of amidine groups is 1. The average molecular weight is 493 g/mol. The molecule has 0 spiro atoms. The Morgan fingerprint density at radius 3 is 2.68 bits per heavy atom. The fraction of sp³-hybridized carbons (Fsp3) is 0.478. The minimum Gasteiger partial charge on any atom is -0.504 e. The van der Waals surface area contributed by atoms with Crippen LogP contribution < -0.4 is 5.32 Å². The number of aliphatic hydroxyl groups is 1. The molecule has 3 heterocycles. The number of hydrogen-bond donors (Lipinski definition) is 2. The zero-order chi connectivity index (χ0) is 24.7. The number of sulfonamides is 1. The lowest BCUT2D eigenvalue weighted by Gasteiger charge is -2.43. The fourth-order valence-electron chi connectivity index (χ4n) is 4.35. The standard InChI is InChI=1S/C23H29FN4O5S/c1-15-20(29)19(26-22-23(2,3)33-12-11-28(15)22)21(30)25-14-16-7-8-17(24)13-18(16)34(31,32)27-9-5-4-6-10-27/h7-8,13,29H,1,4-6,9-12,14H2,2-3H3,(H,25,30). The highest BCUT2D eigenvalue weighted by Crippen LogP contribution is 2.31. The molecular formula is C23H29FN4O5S. The van der Waals surface area contributed by atoms with Crippen LogP contribution in [-0.4, -0.2) is 66.3 Å². The Kier molecular flexibility index (Phi) is 6.54. The van der Waals surface area contributed by atoms with Crippen LogP contribution >= 0.6 is 0 Å². The third-order valence-corrected chi connectivity index (χ3v) is 8.21. The van der Waals surface area contributed by atoms with E-state index in [9.17, 15) is 22.7 Å². The predicted octanol–water partition coefficient (Wildman–Crippen LogP) is 2.42. The molecule has 0 aliphatic carbocycles. The largest absolute Gasteiger partial charge is 0.504 e. The Morgan fingerprint density at radius 2 is 1.97 bits per heavy atom. The first-order chi connectivity index (χ1) is 16.0. The minimum atomic E-state index is -3.92. The molecule has 0 radical (unpaired) electrons. The van der Waals surface area contributed by atoms with Crippen LogP contribution in [0.15, 0.2) is 51.8 Å². The van der Waals surface area contributed by atoms with Crippen molar-refractivity contribution in [3.63, 3.8) is 0 Å². The Labute approximate surface area is 198 Å². The van der Waals surface area contributed by atoms with Crippen LogP contribution in [0.4, 0.5) is 4.39 Å². The molecular weight excluding hydrogens is 463 g/mol. The second-order valence-corrected chi connectivity index (χ2v) is 10.9. The summed E-state index contributed by atoms with van der Waals surface area (Å²) in [4.78, 5) is 18.8. The Morgan fingerprint density at radius 1 is 1.26 bits per heavy atom. The molecule has 2 saturated heterocycles. The summed E-state index contributed by atoms with van der Waals surface area (Å²) in [5, 5.41) is 13.2. The summed E-state index contributed by atoms with van der Waals surface area (Å²) in [6, 6.07) is 3.46. The van der Waals surface area contributed by atoms with Crippen LogP contribution in [0.1, 0.15) is 38.7 Å². The maximum atomic E-state index is 14.0. The van der Waals surface area contributed by atoms with Gasteiger partial charge < -0.3 is 20.1 Å².